The monoisotopic (exact) mass is 1660 g/mol. The first-order valence-corrected chi connectivity index (χ1v) is 47.9. The van der Waals surface area contributed by atoms with E-state index in [1.807, 2.05) is 0 Å². The molecule has 0 aromatic heterocycles. The van der Waals surface area contributed by atoms with Crippen molar-refractivity contribution in [2.75, 3.05) is 65.9 Å². The quantitative estimate of drug-likeness (QED) is 0.0130. The maximum Gasteiger partial charge on any atom is 0.472 e. The van der Waals surface area contributed by atoms with Gasteiger partial charge in [-0.25, -0.2) is 9.13 Å². The van der Waals surface area contributed by atoms with Crippen molar-refractivity contribution in [3.8, 4) is 0 Å². The first-order chi connectivity index (χ1) is 55.2. The van der Waals surface area contributed by atoms with Crippen LogP contribution in [0.3, 0.4) is 0 Å². The Hall–Kier alpha value is -4.42. The first-order valence-electron chi connectivity index (χ1n) is 44.9. The number of carbonyl (C=O) groups is 6. The highest BCUT2D eigenvalue weighted by Gasteiger charge is 2.29. The lowest BCUT2D eigenvalue weighted by Gasteiger charge is -2.23. The number of aliphatic hydroxyl groups is 2. The van der Waals surface area contributed by atoms with Crippen LogP contribution in [0.2, 0.25) is 0 Å². The minimum Gasteiger partial charge on any atom is -0.462 e. The third kappa shape index (κ3) is 65.5. The zero-order valence-electron chi connectivity index (χ0n) is 71.7. The summed E-state index contributed by atoms with van der Waals surface area (Å²) in [5.41, 5.74) is -0.146. The molecule has 0 radical (unpaired) electrons. The SMILES string of the molecule is CCCCC/C=C\CCCC(=O)OC(CCCCCCCCCCC)CC(=O)NC(COCCC(O)CCCCCCC)COP(=O)(O)OCCNC(=O)c1ccccc1C(=O)NCCOP(=O)(O)OCC(COCCC(O)CCCCCCC)NC(=O)CC(CCCCCCCCCCC)OC(=O)CCC/C=C\CCCCC. The second kappa shape index (κ2) is 74.8. The van der Waals surface area contributed by atoms with Crippen LogP contribution in [0.15, 0.2) is 48.6 Å². The molecule has 26 heteroatoms. The third-order valence-corrected chi connectivity index (χ3v) is 21.9. The van der Waals surface area contributed by atoms with Crippen LogP contribution in [0.1, 0.15) is 383 Å². The van der Waals surface area contributed by atoms with Crippen LogP contribution in [0.5, 0.6) is 0 Å². The van der Waals surface area contributed by atoms with Gasteiger partial charge in [0.25, 0.3) is 11.8 Å². The topological polar surface area (TPSA) is 339 Å². The molecule has 0 aliphatic heterocycles. The summed E-state index contributed by atoms with van der Waals surface area (Å²) in [6, 6.07) is 3.90. The minimum absolute atomic E-state index is 0.0728. The van der Waals surface area contributed by atoms with Crippen LogP contribution in [-0.4, -0.2) is 158 Å². The summed E-state index contributed by atoms with van der Waals surface area (Å²) >= 11 is 0. The number of nitrogens with one attached hydrogen (secondary N) is 4. The molecule has 8 unspecified atom stereocenters. The Morgan fingerprint density at radius 3 is 1.00 bits per heavy atom. The smallest absolute Gasteiger partial charge is 0.462 e. The summed E-state index contributed by atoms with van der Waals surface area (Å²) in [6.07, 6.45) is 50.8. The average Bonchev–Trinajstić information content (AvgIpc) is 0.834. The lowest BCUT2D eigenvalue weighted by Crippen LogP contribution is -2.43. The highest BCUT2D eigenvalue weighted by Crippen LogP contribution is 2.44. The molecule has 0 aliphatic rings. The van der Waals surface area contributed by atoms with Crippen molar-refractivity contribution in [1.82, 2.24) is 21.3 Å². The molecule has 1 aromatic rings. The molecular weight excluding hydrogens is 1490 g/mol. The Labute approximate surface area is 688 Å². The number of unbranched alkanes of at least 4 members (excludes halogenated alkanes) is 32. The van der Waals surface area contributed by atoms with Gasteiger partial charge in [-0.3, -0.25) is 46.9 Å². The number of benzene rings is 1. The van der Waals surface area contributed by atoms with E-state index in [1.54, 1.807) is 0 Å². The van der Waals surface area contributed by atoms with Gasteiger partial charge < -0.3 is 60.2 Å². The zero-order valence-corrected chi connectivity index (χ0v) is 73.5. The molecule has 8 atom stereocenters. The van der Waals surface area contributed by atoms with Gasteiger partial charge in [-0.2, -0.15) is 0 Å². The largest absolute Gasteiger partial charge is 0.472 e. The van der Waals surface area contributed by atoms with Gasteiger partial charge in [0.2, 0.25) is 11.8 Å². The van der Waals surface area contributed by atoms with Gasteiger partial charge in [0.05, 0.1) is 87.9 Å². The second-order valence-electron chi connectivity index (χ2n) is 30.8. The number of allylic oxidation sites excluding steroid dienone is 4. The van der Waals surface area contributed by atoms with E-state index < -0.39 is 102 Å². The van der Waals surface area contributed by atoms with Crippen LogP contribution in [-0.2, 0) is 65.4 Å². The molecule has 24 nitrogen and oxygen atoms in total. The van der Waals surface area contributed by atoms with Gasteiger partial charge >= 0.3 is 27.6 Å². The normalized spacial score (nSPS) is 14.4. The van der Waals surface area contributed by atoms with Crippen LogP contribution in [0.4, 0.5) is 0 Å². The van der Waals surface area contributed by atoms with Crippen molar-refractivity contribution in [3.05, 3.63) is 59.7 Å². The van der Waals surface area contributed by atoms with Gasteiger partial charge in [-0.05, 0) is 115 Å². The number of amides is 4. The van der Waals surface area contributed by atoms with E-state index in [2.05, 4.69) is 87.1 Å². The molecular formula is C88H160N4O20P2. The molecule has 0 saturated carbocycles. The molecule has 0 fully saturated rings. The Bertz CT molecular complexity index is 2530. The fourth-order valence-corrected chi connectivity index (χ4v) is 14.6. The molecule has 114 heavy (non-hydrogen) atoms. The number of hydrogen-bond acceptors (Lipinski definition) is 18. The van der Waals surface area contributed by atoms with E-state index in [0.29, 0.717) is 51.4 Å². The van der Waals surface area contributed by atoms with Gasteiger partial charge in [0.1, 0.15) is 12.2 Å². The molecule has 662 valence electrons. The van der Waals surface area contributed by atoms with Crippen LogP contribution in [0.25, 0.3) is 0 Å². The van der Waals surface area contributed by atoms with Crippen LogP contribution < -0.4 is 21.3 Å². The van der Waals surface area contributed by atoms with E-state index in [1.165, 1.54) is 101 Å². The summed E-state index contributed by atoms with van der Waals surface area (Å²) in [7, 11) is -9.70. The molecule has 8 N–H and O–H groups in total. The Morgan fingerprint density at radius 2 is 0.667 bits per heavy atom. The van der Waals surface area contributed by atoms with E-state index in [4.69, 9.17) is 37.0 Å². The number of aliphatic hydroxyl groups excluding tert-OH is 2. The maximum atomic E-state index is 13.9. The predicted octanol–water partition coefficient (Wildman–Crippen LogP) is 19.7. The van der Waals surface area contributed by atoms with E-state index in [0.717, 1.165) is 167 Å². The number of carbonyl (C=O) groups excluding carboxylic acids is 6. The molecule has 4 amide bonds. The summed E-state index contributed by atoms with van der Waals surface area (Å²) in [5, 5.41) is 32.2. The van der Waals surface area contributed by atoms with Gasteiger partial charge in [-0.15, -0.1) is 0 Å². The molecule has 1 rings (SSSR count). The first kappa shape index (κ1) is 108. The van der Waals surface area contributed by atoms with Gasteiger partial charge in [0, 0.05) is 39.1 Å². The van der Waals surface area contributed by atoms with E-state index in [9.17, 15) is 57.9 Å². The third-order valence-electron chi connectivity index (χ3n) is 19.9. The molecule has 0 bridgehead atoms. The summed E-state index contributed by atoms with van der Waals surface area (Å²) < 4.78 is 71.8. The number of hydrogen-bond donors (Lipinski definition) is 8. The molecule has 0 heterocycles. The summed E-state index contributed by atoms with van der Waals surface area (Å²) in [6.45, 7) is 10.3. The van der Waals surface area contributed by atoms with Crippen molar-refractivity contribution in [2.24, 2.45) is 0 Å². The maximum absolute atomic E-state index is 13.9. The molecule has 0 saturated heterocycles. The van der Waals surface area contributed by atoms with Crippen molar-refractivity contribution in [1.29, 1.82) is 0 Å². The zero-order chi connectivity index (χ0) is 83.7. The second-order valence-corrected chi connectivity index (χ2v) is 33.7. The van der Waals surface area contributed by atoms with Crippen molar-refractivity contribution in [3.63, 3.8) is 0 Å². The lowest BCUT2D eigenvalue weighted by atomic mass is 10.0. The van der Waals surface area contributed by atoms with Crippen LogP contribution in [0, 0.1) is 0 Å². The lowest BCUT2D eigenvalue weighted by molar-refractivity contribution is -0.152. The number of phosphoric ester groups is 2. The number of esters is 2. The van der Waals surface area contributed by atoms with Crippen molar-refractivity contribution < 1.29 is 94.9 Å². The number of phosphoric acid groups is 2. The van der Waals surface area contributed by atoms with E-state index in [-0.39, 0.29) is 88.3 Å². The highest BCUT2D eigenvalue weighted by molar-refractivity contribution is 7.47. The van der Waals surface area contributed by atoms with Crippen molar-refractivity contribution >= 4 is 51.2 Å². The predicted molar refractivity (Wildman–Crippen MR) is 455 cm³/mol. The fourth-order valence-electron chi connectivity index (χ4n) is 13.0. The fraction of sp³-hybridized carbons (Fsp3) is 0.818. The standard InChI is InChI=1S/C88H160N4O20P2/c1-7-13-19-25-29-33-35-41-47-55-79(111-85(97)59-49-43-37-31-27-21-15-9-3)69-83(95)91-75(71-105-65-61-77(93)53-45-39-23-17-11-5)73-109-113(101,102)107-67-63-89-87(99)81-57-51-52-58-82(81)88(100)90-64-68-108-114(103,104)110-74-76(72-106-66-62-78(94)54-46-40-24-18-12-6)92-84(96)70-80(56-48-42-36-34-30-26-20-14-8-2)112-86(98)60-50-44-38-32-28-22-16-10-4/h31-32,37-38,51-52,57-58,75-80,93-94H,7-30,33-36,39-50,53-56,59-74H2,1-6H3,(H,89,99)(H,90,100)(H,91,95)(H,92,96)(H,101,102)(H,103,104)/b37-31-,38-32-. The Kier molecular flexibility index (Phi) is 70.6. The summed E-state index contributed by atoms with van der Waals surface area (Å²) in [5.74, 6) is -3.20. The molecule has 0 spiro atoms. The summed E-state index contributed by atoms with van der Waals surface area (Å²) in [4.78, 5) is 103. The van der Waals surface area contributed by atoms with E-state index >= 15 is 0 Å². The Morgan fingerprint density at radius 1 is 0.368 bits per heavy atom. The molecule has 1 aromatic carbocycles. The highest BCUT2D eigenvalue weighted by atomic mass is 31.2. The van der Waals surface area contributed by atoms with Crippen LogP contribution >= 0.6 is 15.6 Å². The van der Waals surface area contributed by atoms with Gasteiger partial charge in [0.15, 0.2) is 0 Å². The Balaban J connectivity index is 3.10. The number of ether oxygens (including phenoxy) is 4. The van der Waals surface area contributed by atoms with Crippen molar-refractivity contribution in [2.45, 2.75) is 399 Å². The molecule has 0 aliphatic carbocycles. The average molecular weight is 1660 g/mol. The number of rotatable bonds is 82. The van der Waals surface area contributed by atoms with Gasteiger partial charge in [-0.1, -0.05) is 271 Å². The minimum atomic E-state index is -4.85.